The van der Waals surface area contributed by atoms with Crippen LogP contribution >= 0.6 is 0 Å². The lowest BCUT2D eigenvalue weighted by Crippen LogP contribution is -2.43. The Morgan fingerprint density at radius 1 is 1.21 bits per heavy atom. The van der Waals surface area contributed by atoms with Crippen LogP contribution in [0.1, 0.15) is 36.6 Å². The molecule has 1 aliphatic heterocycles. The van der Waals surface area contributed by atoms with E-state index in [2.05, 4.69) is 15.2 Å². The summed E-state index contributed by atoms with van der Waals surface area (Å²) in [6, 6.07) is 10.7. The van der Waals surface area contributed by atoms with Crippen molar-refractivity contribution in [1.82, 2.24) is 29.4 Å². The van der Waals surface area contributed by atoms with Gasteiger partial charge in [-0.2, -0.15) is 10.2 Å². The van der Waals surface area contributed by atoms with Gasteiger partial charge in [0, 0.05) is 17.8 Å². The first-order chi connectivity index (χ1) is 13.4. The van der Waals surface area contributed by atoms with Crippen molar-refractivity contribution in [2.75, 3.05) is 6.54 Å². The molecule has 9 heteroatoms. The van der Waals surface area contributed by atoms with Gasteiger partial charge in [0.05, 0.1) is 12.6 Å². The third kappa shape index (κ3) is 3.28. The molecule has 0 fully saturated rings. The van der Waals surface area contributed by atoms with E-state index in [-0.39, 0.29) is 24.2 Å². The van der Waals surface area contributed by atoms with E-state index in [0.717, 1.165) is 5.56 Å². The average molecular weight is 386 g/mol. The molecule has 0 saturated carbocycles. The number of hydrogen-bond acceptors (Lipinski definition) is 4. The van der Waals surface area contributed by atoms with E-state index in [4.69, 9.17) is 0 Å². The topological polar surface area (TPSA) is 68.8 Å². The molecule has 7 nitrogen and oxygen atoms in total. The summed E-state index contributed by atoms with van der Waals surface area (Å²) in [6.07, 6.45) is -2.65. The second-order valence-corrected chi connectivity index (χ2v) is 6.81. The minimum atomic E-state index is -2.65. The first kappa shape index (κ1) is 18.3. The Bertz CT molecular complexity index is 997. The number of benzene rings is 1. The van der Waals surface area contributed by atoms with Gasteiger partial charge in [-0.15, -0.1) is 0 Å². The van der Waals surface area contributed by atoms with Crippen LogP contribution in [0.4, 0.5) is 8.78 Å². The predicted octanol–water partition coefficient (Wildman–Crippen LogP) is 2.99. The zero-order valence-electron chi connectivity index (χ0n) is 15.6. The molecule has 146 valence electrons. The monoisotopic (exact) mass is 386 g/mol. The maximum Gasteiger partial charge on any atom is 0.282 e. The summed E-state index contributed by atoms with van der Waals surface area (Å²) in [5, 5.41) is 8.40. The van der Waals surface area contributed by atoms with Crippen LogP contribution in [-0.2, 0) is 17.9 Å². The highest BCUT2D eigenvalue weighted by Crippen LogP contribution is 2.26. The van der Waals surface area contributed by atoms with E-state index in [1.807, 2.05) is 41.9 Å². The first-order valence-electron chi connectivity index (χ1n) is 9.06. The van der Waals surface area contributed by atoms with Crippen molar-refractivity contribution in [3.63, 3.8) is 0 Å². The average Bonchev–Trinajstić information content (AvgIpc) is 3.27. The van der Waals surface area contributed by atoms with Gasteiger partial charge in [-0.05, 0) is 19.9 Å². The van der Waals surface area contributed by atoms with Gasteiger partial charge in [-0.3, -0.25) is 9.48 Å². The van der Waals surface area contributed by atoms with Crippen LogP contribution in [0, 0.1) is 6.92 Å². The molecule has 0 N–H and O–H groups in total. The van der Waals surface area contributed by atoms with E-state index >= 15 is 0 Å². The maximum absolute atomic E-state index is 12.8. The Labute approximate surface area is 160 Å². The van der Waals surface area contributed by atoms with Gasteiger partial charge in [0.1, 0.15) is 18.1 Å². The van der Waals surface area contributed by atoms with Crippen LogP contribution in [0.3, 0.4) is 0 Å². The lowest BCUT2D eigenvalue weighted by molar-refractivity contribution is -0.135. The molecule has 3 aromatic rings. The van der Waals surface area contributed by atoms with Gasteiger partial charge < -0.3 is 4.90 Å². The number of aryl methyl sites for hydroxylation is 1. The predicted molar refractivity (Wildman–Crippen MR) is 97.5 cm³/mol. The van der Waals surface area contributed by atoms with E-state index < -0.39 is 6.43 Å². The fourth-order valence-electron chi connectivity index (χ4n) is 3.43. The second-order valence-electron chi connectivity index (χ2n) is 6.81. The largest absolute Gasteiger partial charge is 0.329 e. The fourth-order valence-corrected chi connectivity index (χ4v) is 3.43. The number of aromatic nitrogens is 5. The van der Waals surface area contributed by atoms with Gasteiger partial charge in [-0.1, -0.05) is 30.3 Å². The minimum Gasteiger partial charge on any atom is -0.329 e. The van der Waals surface area contributed by atoms with Gasteiger partial charge in [0.25, 0.3) is 6.43 Å². The van der Waals surface area contributed by atoms with Gasteiger partial charge in [0.15, 0.2) is 5.82 Å². The molecule has 0 saturated heterocycles. The minimum absolute atomic E-state index is 0.0808. The molecule has 2 aromatic heterocycles. The number of amides is 1. The summed E-state index contributed by atoms with van der Waals surface area (Å²) in [7, 11) is 0. The number of nitrogens with zero attached hydrogens (tertiary/aromatic N) is 6. The van der Waals surface area contributed by atoms with Crippen molar-refractivity contribution in [2.45, 2.75) is 39.4 Å². The summed E-state index contributed by atoms with van der Waals surface area (Å²) in [5.41, 5.74) is 1.13. The highest BCUT2D eigenvalue weighted by Gasteiger charge is 2.31. The van der Waals surface area contributed by atoms with Crippen molar-refractivity contribution in [3.8, 4) is 11.4 Å². The van der Waals surface area contributed by atoms with E-state index in [1.165, 1.54) is 10.7 Å². The molecule has 0 spiro atoms. The zero-order valence-corrected chi connectivity index (χ0v) is 15.6. The molecule has 0 radical (unpaired) electrons. The normalized spacial score (nSPS) is 16.5. The summed E-state index contributed by atoms with van der Waals surface area (Å²) in [4.78, 5) is 19.1. The maximum atomic E-state index is 12.8. The van der Waals surface area contributed by atoms with Crippen LogP contribution in [0.2, 0.25) is 0 Å². The third-order valence-corrected chi connectivity index (χ3v) is 4.96. The lowest BCUT2D eigenvalue weighted by Gasteiger charge is -2.33. The molecule has 1 aromatic carbocycles. The number of fused-ring (bicyclic) bond motifs is 1. The highest BCUT2D eigenvalue weighted by atomic mass is 19.3. The SMILES string of the molecule is Cc1cc(C(F)F)nn1CC(=O)N1CCn2nc(-c3ccccc3)nc2[C@@H]1C. The van der Waals surface area contributed by atoms with Crippen LogP contribution in [0.15, 0.2) is 36.4 Å². The number of carbonyl (C=O) groups excluding carboxylic acids is 1. The fraction of sp³-hybridized carbons (Fsp3) is 0.368. The van der Waals surface area contributed by atoms with E-state index in [0.29, 0.717) is 30.4 Å². The van der Waals surface area contributed by atoms with Crippen molar-refractivity contribution in [3.05, 3.63) is 53.6 Å². The molecule has 1 atom stereocenters. The Kier molecular flexibility index (Phi) is 4.66. The highest BCUT2D eigenvalue weighted by molar-refractivity contribution is 5.76. The number of halogens is 2. The molecule has 1 amide bonds. The number of carbonyl (C=O) groups is 1. The van der Waals surface area contributed by atoms with Gasteiger partial charge in [0.2, 0.25) is 5.91 Å². The van der Waals surface area contributed by atoms with Gasteiger partial charge >= 0.3 is 0 Å². The molecule has 3 heterocycles. The molecule has 0 bridgehead atoms. The third-order valence-electron chi connectivity index (χ3n) is 4.96. The van der Waals surface area contributed by atoms with E-state index in [1.54, 1.807) is 11.8 Å². The van der Waals surface area contributed by atoms with Crippen molar-refractivity contribution < 1.29 is 13.6 Å². The van der Waals surface area contributed by atoms with Crippen molar-refractivity contribution in [1.29, 1.82) is 0 Å². The Hall–Kier alpha value is -3.10. The molecule has 4 rings (SSSR count). The molecule has 1 aliphatic rings. The molecule has 0 unspecified atom stereocenters. The Balaban J connectivity index is 1.53. The quantitative estimate of drug-likeness (QED) is 0.691. The summed E-state index contributed by atoms with van der Waals surface area (Å²) in [6.45, 7) is 4.49. The number of hydrogen-bond donors (Lipinski definition) is 0. The van der Waals surface area contributed by atoms with Crippen molar-refractivity contribution >= 4 is 5.91 Å². The summed E-state index contributed by atoms with van der Waals surface area (Å²) in [5.74, 6) is 1.15. The molecule has 28 heavy (non-hydrogen) atoms. The summed E-state index contributed by atoms with van der Waals surface area (Å²) >= 11 is 0. The van der Waals surface area contributed by atoms with E-state index in [9.17, 15) is 13.6 Å². The molecular formula is C19H20F2N6O. The lowest BCUT2D eigenvalue weighted by atomic mass is 10.2. The number of alkyl halides is 2. The molecular weight excluding hydrogens is 366 g/mol. The Morgan fingerprint density at radius 2 is 1.96 bits per heavy atom. The molecule has 0 aliphatic carbocycles. The first-order valence-corrected chi connectivity index (χ1v) is 9.06. The second kappa shape index (κ2) is 7.14. The van der Waals surface area contributed by atoms with Crippen molar-refractivity contribution in [2.24, 2.45) is 0 Å². The van der Waals surface area contributed by atoms with Crippen LogP contribution < -0.4 is 0 Å². The van der Waals surface area contributed by atoms with Crippen LogP contribution in [0.25, 0.3) is 11.4 Å². The van der Waals surface area contributed by atoms with Crippen LogP contribution in [-0.4, -0.2) is 41.9 Å². The number of rotatable bonds is 4. The zero-order chi connectivity index (χ0) is 19.8. The standard InChI is InChI=1S/C19H20F2N6O/c1-12-10-15(17(20)21)23-27(12)11-16(28)25-8-9-26-19(13(25)2)22-18(24-26)14-6-4-3-5-7-14/h3-7,10,13,17H,8-9,11H2,1-2H3/t13-/m0/s1. The smallest absolute Gasteiger partial charge is 0.282 e. The van der Waals surface area contributed by atoms with Gasteiger partial charge in [-0.25, -0.2) is 18.4 Å². The van der Waals surface area contributed by atoms with Crippen LogP contribution in [0.5, 0.6) is 0 Å². The summed E-state index contributed by atoms with van der Waals surface area (Å²) < 4.78 is 28.8. The Morgan fingerprint density at radius 3 is 2.64 bits per heavy atom.